The van der Waals surface area contributed by atoms with E-state index in [1.165, 1.54) is 16.8 Å². The van der Waals surface area contributed by atoms with Gasteiger partial charge in [0, 0.05) is 17.7 Å². The molecule has 0 aliphatic rings. The number of halogens is 3. The van der Waals surface area contributed by atoms with Crippen molar-refractivity contribution in [3.63, 3.8) is 0 Å². The Morgan fingerprint density at radius 3 is 2.37 bits per heavy atom. The number of anilines is 1. The fourth-order valence-electron chi connectivity index (χ4n) is 2.56. The first kappa shape index (κ1) is 21.4. The van der Waals surface area contributed by atoms with E-state index in [0.717, 1.165) is 17.8 Å². The van der Waals surface area contributed by atoms with Gasteiger partial charge in [0.25, 0.3) is 5.91 Å². The molecule has 0 unspecified atom stereocenters. The van der Waals surface area contributed by atoms with Gasteiger partial charge in [0.05, 0.1) is 11.3 Å². The van der Waals surface area contributed by atoms with Crippen LogP contribution < -0.4 is 10.1 Å². The highest BCUT2D eigenvalue weighted by Gasteiger charge is 2.30. The second-order valence-corrected chi connectivity index (χ2v) is 7.62. The van der Waals surface area contributed by atoms with Gasteiger partial charge in [0.2, 0.25) is 0 Å². The average Bonchev–Trinajstić information content (AvgIpc) is 3.11. The molecule has 0 bridgehead atoms. The molecule has 2 heterocycles. The van der Waals surface area contributed by atoms with Gasteiger partial charge < -0.3 is 10.1 Å². The number of carbonyl (C=O) groups excluding carboxylic acids is 1. The van der Waals surface area contributed by atoms with Crippen LogP contribution in [-0.2, 0) is 16.4 Å². The van der Waals surface area contributed by atoms with Gasteiger partial charge >= 0.3 is 6.18 Å². The third kappa shape index (κ3) is 5.16. The quantitative estimate of drug-likeness (QED) is 0.658. The highest BCUT2D eigenvalue weighted by atomic mass is 19.4. The normalized spacial score (nSPS) is 11.9. The van der Waals surface area contributed by atoms with Crippen LogP contribution in [-0.4, -0.2) is 27.3 Å². The Balaban J connectivity index is 1.72. The van der Waals surface area contributed by atoms with Gasteiger partial charge in [-0.2, -0.15) is 23.0 Å². The minimum absolute atomic E-state index is 0.159. The van der Waals surface area contributed by atoms with E-state index in [1.807, 2.05) is 20.8 Å². The number of nitrogens with zero attached hydrogens (tertiary/aromatic N) is 3. The highest BCUT2D eigenvalue weighted by molar-refractivity contribution is 5.91. The van der Waals surface area contributed by atoms with Gasteiger partial charge in [-0.05, 0) is 36.4 Å². The summed E-state index contributed by atoms with van der Waals surface area (Å²) in [7, 11) is 0. The van der Waals surface area contributed by atoms with Crippen molar-refractivity contribution >= 4 is 11.7 Å². The van der Waals surface area contributed by atoms with Crippen LogP contribution in [0, 0.1) is 0 Å². The zero-order valence-electron chi connectivity index (χ0n) is 16.7. The Kier molecular flexibility index (Phi) is 5.82. The zero-order valence-corrected chi connectivity index (χ0v) is 16.7. The first-order valence-electron chi connectivity index (χ1n) is 9.16. The number of nitrogens with one attached hydrogen (secondary N) is 1. The molecule has 0 saturated carbocycles. The van der Waals surface area contributed by atoms with Crippen molar-refractivity contribution in [2.45, 2.75) is 32.4 Å². The number of pyridine rings is 1. The van der Waals surface area contributed by atoms with Gasteiger partial charge in [0.15, 0.2) is 12.4 Å². The summed E-state index contributed by atoms with van der Waals surface area (Å²) in [5.41, 5.74) is -0.281. The molecule has 1 amide bonds. The number of hydrogen-bond acceptors (Lipinski definition) is 4. The van der Waals surface area contributed by atoms with Crippen molar-refractivity contribution < 1.29 is 22.7 Å². The minimum Gasteiger partial charge on any atom is -0.484 e. The highest BCUT2D eigenvalue weighted by Crippen LogP contribution is 2.30. The third-order valence-corrected chi connectivity index (χ3v) is 4.16. The van der Waals surface area contributed by atoms with Crippen LogP contribution in [0.5, 0.6) is 5.75 Å². The number of benzene rings is 1. The Morgan fingerprint density at radius 1 is 1.10 bits per heavy atom. The molecule has 158 valence electrons. The molecule has 0 aliphatic carbocycles. The third-order valence-electron chi connectivity index (χ3n) is 4.16. The average molecular weight is 418 g/mol. The van der Waals surface area contributed by atoms with Crippen molar-refractivity contribution in [1.29, 1.82) is 0 Å². The lowest BCUT2D eigenvalue weighted by Crippen LogP contribution is -2.22. The number of rotatable bonds is 5. The summed E-state index contributed by atoms with van der Waals surface area (Å²) in [6.45, 7) is 5.62. The van der Waals surface area contributed by atoms with E-state index >= 15 is 0 Å². The number of hydrogen-bond donors (Lipinski definition) is 1. The first-order chi connectivity index (χ1) is 14.0. The van der Waals surface area contributed by atoms with E-state index in [9.17, 15) is 18.0 Å². The van der Waals surface area contributed by atoms with Crippen LogP contribution in [0.25, 0.3) is 5.82 Å². The largest absolute Gasteiger partial charge is 0.484 e. The van der Waals surface area contributed by atoms with Gasteiger partial charge in [-0.15, -0.1) is 0 Å². The number of amides is 1. The summed E-state index contributed by atoms with van der Waals surface area (Å²) in [4.78, 5) is 16.6. The van der Waals surface area contributed by atoms with Crippen molar-refractivity contribution in [1.82, 2.24) is 14.8 Å². The first-order valence-corrected chi connectivity index (χ1v) is 9.16. The van der Waals surface area contributed by atoms with E-state index in [4.69, 9.17) is 4.74 Å². The fraction of sp³-hybridized carbons (Fsp3) is 0.286. The second-order valence-electron chi connectivity index (χ2n) is 7.62. The SMILES string of the molecule is CC(C)(C)c1cc(NC(=O)COc2ccc(C(F)(F)F)cc2)n(-c2ccccn2)n1. The molecule has 0 spiro atoms. The van der Waals surface area contributed by atoms with Gasteiger partial charge in [0.1, 0.15) is 11.6 Å². The predicted octanol–water partition coefficient (Wildman–Crippen LogP) is 4.60. The number of ether oxygens (including phenoxy) is 1. The van der Waals surface area contributed by atoms with E-state index in [1.54, 1.807) is 30.5 Å². The summed E-state index contributed by atoms with van der Waals surface area (Å²) < 4.78 is 44.7. The molecule has 0 fully saturated rings. The Hall–Kier alpha value is -3.36. The maximum atomic E-state index is 12.6. The van der Waals surface area contributed by atoms with Gasteiger partial charge in [-0.1, -0.05) is 26.8 Å². The predicted molar refractivity (Wildman–Crippen MR) is 106 cm³/mol. The molecule has 0 radical (unpaired) electrons. The van der Waals surface area contributed by atoms with Crippen molar-refractivity contribution in [2.75, 3.05) is 11.9 Å². The van der Waals surface area contributed by atoms with Gasteiger partial charge in [-0.3, -0.25) is 4.79 Å². The summed E-state index contributed by atoms with van der Waals surface area (Å²) in [6.07, 6.45) is -2.81. The lowest BCUT2D eigenvalue weighted by molar-refractivity contribution is -0.137. The maximum Gasteiger partial charge on any atom is 0.416 e. The molecule has 0 aliphatic heterocycles. The number of aromatic nitrogens is 3. The van der Waals surface area contributed by atoms with E-state index in [-0.39, 0.29) is 17.8 Å². The summed E-state index contributed by atoms with van der Waals surface area (Å²) in [5.74, 6) is 0.630. The number of alkyl halides is 3. The molecular formula is C21H21F3N4O2. The molecule has 3 rings (SSSR count). The van der Waals surface area contributed by atoms with Crippen molar-refractivity contribution in [2.24, 2.45) is 0 Å². The van der Waals surface area contributed by atoms with E-state index in [0.29, 0.717) is 11.6 Å². The standard InChI is InChI=1S/C21H21F3N4O2/c1-20(2,3)16-12-18(28(27-16)17-6-4-5-11-25-17)26-19(29)13-30-15-9-7-14(8-10-15)21(22,23)24/h4-12H,13H2,1-3H3,(H,26,29). The summed E-state index contributed by atoms with van der Waals surface area (Å²) >= 11 is 0. The topological polar surface area (TPSA) is 69.0 Å². The molecule has 1 N–H and O–H groups in total. The molecule has 1 aromatic carbocycles. The molecule has 6 nitrogen and oxygen atoms in total. The molecule has 0 saturated heterocycles. The van der Waals surface area contributed by atoms with Crippen molar-refractivity contribution in [3.05, 3.63) is 66.0 Å². The number of carbonyl (C=O) groups is 1. The molecule has 9 heteroatoms. The molecule has 3 aromatic rings. The monoisotopic (exact) mass is 418 g/mol. The lowest BCUT2D eigenvalue weighted by Gasteiger charge is -2.13. The Labute approximate surface area is 171 Å². The zero-order chi connectivity index (χ0) is 21.9. The molecular weight excluding hydrogens is 397 g/mol. The smallest absolute Gasteiger partial charge is 0.416 e. The maximum absolute atomic E-state index is 12.6. The fourth-order valence-corrected chi connectivity index (χ4v) is 2.56. The summed E-state index contributed by atoms with van der Waals surface area (Å²) in [5, 5.41) is 7.27. The molecule has 0 atom stereocenters. The molecule has 30 heavy (non-hydrogen) atoms. The Morgan fingerprint density at radius 2 is 1.80 bits per heavy atom. The van der Waals surface area contributed by atoms with Crippen LogP contribution in [0.3, 0.4) is 0 Å². The molecule has 2 aromatic heterocycles. The minimum atomic E-state index is -4.43. The van der Waals surface area contributed by atoms with Crippen LogP contribution in [0.2, 0.25) is 0 Å². The van der Waals surface area contributed by atoms with Crippen LogP contribution in [0.15, 0.2) is 54.7 Å². The van der Waals surface area contributed by atoms with Crippen LogP contribution in [0.1, 0.15) is 32.0 Å². The summed E-state index contributed by atoms with van der Waals surface area (Å²) in [6, 6.07) is 11.2. The van der Waals surface area contributed by atoms with Crippen molar-refractivity contribution in [3.8, 4) is 11.6 Å². The Bertz CT molecular complexity index is 1010. The van der Waals surface area contributed by atoms with E-state index < -0.39 is 17.6 Å². The van der Waals surface area contributed by atoms with Gasteiger partial charge in [-0.25, -0.2) is 4.98 Å². The lowest BCUT2D eigenvalue weighted by atomic mass is 9.92. The van der Waals surface area contributed by atoms with Crippen LogP contribution >= 0.6 is 0 Å². The van der Waals surface area contributed by atoms with E-state index in [2.05, 4.69) is 15.4 Å². The second kappa shape index (κ2) is 8.17. The van der Waals surface area contributed by atoms with Crippen LogP contribution in [0.4, 0.5) is 19.0 Å².